The second-order valence-corrected chi connectivity index (χ2v) is 8.18. The molecule has 0 saturated heterocycles. The van der Waals surface area contributed by atoms with Gasteiger partial charge in [-0.05, 0) is 31.3 Å². The molecule has 0 spiro atoms. The van der Waals surface area contributed by atoms with Gasteiger partial charge < -0.3 is 0 Å². The predicted molar refractivity (Wildman–Crippen MR) is 98.8 cm³/mol. The van der Waals surface area contributed by atoms with Crippen LogP contribution in [0.15, 0.2) is 0 Å². The molecule has 0 fully saturated rings. The van der Waals surface area contributed by atoms with Crippen LogP contribution in [0.5, 0.6) is 0 Å². The zero-order chi connectivity index (χ0) is 17.5. The molecule has 22 heavy (non-hydrogen) atoms. The fourth-order valence-corrected chi connectivity index (χ4v) is 3.22. The van der Waals surface area contributed by atoms with Gasteiger partial charge in [-0.15, -0.1) is 9.24 Å². The Morgan fingerprint density at radius 3 is 1.55 bits per heavy atom. The van der Waals surface area contributed by atoms with E-state index in [1.165, 1.54) is 71.1 Å². The molecule has 0 aliphatic carbocycles. The van der Waals surface area contributed by atoms with E-state index in [0.717, 1.165) is 0 Å². The maximum atomic E-state index is 9.56. The number of hydrogen-bond donors (Lipinski definition) is 1. The van der Waals surface area contributed by atoms with Crippen molar-refractivity contribution in [3.05, 3.63) is 0 Å². The van der Waals surface area contributed by atoms with Gasteiger partial charge in [0.25, 0.3) is 0 Å². The highest BCUT2D eigenvalue weighted by atomic mass is 32.3. The summed E-state index contributed by atoms with van der Waals surface area (Å²) < 4.78 is 30.7. The van der Waals surface area contributed by atoms with Crippen molar-refractivity contribution < 1.29 is 17.2 Å². The van der Waals surface area contributed by atoms with E-state index in [1.54, 1.807) is 0 Å². The Balaban J connectivity index is 0. The molecular weight excluding hydrogens is 319 g/mol. The summed E-state index contributed by atoms with van der Waals surface area (Å²) in [7, 11) is -0.988. The summed E-state index contributed by atoms with van der Waals surface area (Å²) >= 11 is 0. The van der Waals surface area contributed by atoms with E-state index in [-0.39, 0.29) is 6.61 Å². The van der Waals surface area contributed by atoms with Gasteiger partial charge in [-0.3, -0.25) is 4.55 Å². The number of unbranched alkanes of at least 4 members (excludes halogenated alkanes) is 4. The third-order valence-electron chi connectivity index (χ3n) is 3.60. The summed E-state index contributed by atoms with van der Waals surface area (Å²) in [5.74, 6) is 0. The lowest BCUT2D eigenvalue weighted by molar-refractivity contribution is 0.283. The first kappa shape index (κ1) is 24.6. The second kappa shape index (κ2) is 14.9. The van der Waals surface area contributed by atoms with Crippen molar-refractivity contribution >= 4 is 19.6 Å². The lowest BCUT2D eigenvalue weighted by Crippen LogP contribution is -2.20. The van der Waals surface area contributed by atoms with Crippen molar-refractivity contribution in [2.75, 3.05) is 6.61 Å². The van der Waals surface area contributed by atoms with Crippen molar-refractivity contribution in [1.29, 1.82) is 0 Å². The molecule has 0 heterocycles. The van der Waals surface area contributed by atoms with Crippen LogP contribution < -0.4 is 0 Å². The minimum atomic E-state index is -4.17. The highest BCUT2D eigenvalue weighted by Crippen LogP contribution is 2.36. The van der Waals surface area contributed by atoms with Crippen LogP contribution in [0.4, 0.5) is 0 Å². The van der Waals surface area contributed by atoms with Crippen LogP contribution >= 0.6 is 9.24 Å². The molecule has 0 amide bonds. The first-order valence-electron chi connectivity index (χ1n) is 8.65. The van der Waals surface area contributed by atoms with Gasteiger partial charge in [0.1, 0.15) is 0 Å². The van der Waals surface area contributed by atoms with Gasteiger partial charge >= 0.3 is 10.4 Å². The molecule has 0 aromatic carbocycles. The van der Waals surface area contributed by atoms with E-state index in [2.05, 4.69) is 34.2 Å². The van der Waals surface area contributed by atoms with Crippen molar-refractivity contribution in [3.8, 4) is 0 Å². The molecule has 0 aromatic rings. The van der Waals surface area contributed by atoms with Crippen LogP contribution in [0.1, 0.15) is 91.9 Å². The summed E-state index contributed by atoms with van der Waals surface area (Å²) in [5, 5.41) is 0.571. The average Bonchev–Trinajstić information content (AvgIpc) is 2.43. The SMILES string of the molecule is CCCCCC(P)(CCCC)CCCC.CCOS(=O)(=O)O. The maximum absolute atomic E-state index is 9.56. The van der Waals surface area contributed by atoms with E-state index >= 15 is 0 Å². The first-order chi connectivity index (χ1) is 10.2. The van der Waals surface area contributed by atoms with E-state index < -0.39 is 10.4 Å². The Bertz CT molecular complexity index is 323. The minimum absolute atomic E-state index is 0.0289. The molecule has 1 N–H and O–H groups in total. The number of rotatable bonds is 12. The van der Waals surface area contributed by atoms with Crippen molar-refractivity contribution in [3.63, 3.8) is 0 Å². The Morgan fingerprint density at radius 2 is 1.27 bits per heavy atom. The van der Waals surface area contributed by atoms with Gasteiger partial charge in [0.05, 0.1) is 6.61 Å². The molecule has 0 radical (unpaired) electrons. The minimum Gasteiger partial charge on any atom is -0.264 e. The first-order valence-corrected chi connectivity index (χ1v) is 10.6. The van der Waals surface area contributed by atoms with Crippen LogP contribution in [0.2, 0.25) is 0 Å². The highest BCUT2D eigenvalue weighted by Gasteiger charge is 2.22. The molecule has 0 bridgehead atoms. The summed E-state index contributed by atoms with van der Waals surface area (Å²) in [6.45, 7) is 8.34. The smallest absolute Gasteiger partial charge is 0.264 e. The van der Waals surface area contributed by atoms with Gasteiger partial charge in [0.2, 0.25) is 0 Å². The summed E-state index contributed by atoms with van der Waals surface area (Å²) in [5.41, 5.74) is 0. The molecule has 0 aliphatic heterocycles. The van der Waals surface area contributed by atoms with E-state index in [0.29, 0.717) is 5.16 Å². The molecule has 136 valence electrons. The molecule has 4 nitrogen and oxygen atoms in total. The van der Waals surface area contributed by atoms with Crippen molar-refractivity contribution in [2.24, 2.45) is 0 Å². The second-order valence-electron chi connectivity index (χ2n) is 5.86. The van der Waals surface area contributed by atoms with E-state index in [9.17, 15) is 8.42 Å². The van der Waals surface area contributed by atoms with E-state index in [4.69, 9.17) is 4.55 Å². The van der Waals surface area contributed by atoms with Crippen LogP contribution in [0, 0.1) is 0 Å². The van der Waals surface area contributed by atoms with Gasteiger partial charge in [0.15, 0.2) is 0 Å². The van der Waals surface area contributed by atoms with Gasteiger partial charge in [-0.25, -0.2) is 4.18 Å². The normalized spacial score (nSPS) is 11.9. The van der Waals surface area contributed by atoms with Gasteiger partial charge in [0, 0.05) is 0 Å². The van der Waals surface area contributed by atoms with E-state index in [1.807, 2.05) is 0 Å². The number of hydrogen-bond acceptors (Lipinski definition) is 3. The topological polar surface area (TPSA) is 63.6 Å². The summed E-state index contributed by atoms with van der Waals surface area (Å²) in [6.07, 6.45) is 13.9. The van der Waals surface area contributed by atoms with Crippen molar-refractivity contribution in [2.45, 2.75) is 97.1 Å². The zero-order valence-corrected chi connectivity index (χ0v) is 16.9. The predicted octanol–water partition coefficient (Wildman–Crippen LogP) is 5.39. The molecule has 1 unspecified atom stereocenters. The molecule has 6 heteroatoms. The van der Waals surface area contributed by atoms with Gasteiger partial charge in [-0.1, -0.05) is 65.7 Å². The Labute approximate surface area is 141 Å². The molecule has 0 rings (SSSR count). The Hall–Kier alpha value is 0.300. The highest BCUT2D eigenvalue weighted by molar-refractivity contribution is 7.80. The zero-order valence-electron chi connectivity index (χ0n) is 14.9. The summed E-state index contributed by atoms with van der Waals surface area (Å²) in [4.78, 5) is 0. The third kappa shape index (κ3) is 18.3. The fourth-order valence-electron chi connectivity index (χ4n) is 2.31. The van der Waals surface area contributed by atoms with Crippen LogP contribution in [0.25, 0.3) is 0 Å². The summed E-state index contributed by atoms with van der Waals surface area (Å²) in [6, 6.07) is 0. The van der Waals surface area contributed by atoms with Gasteiger partial charge in [-0.2, -0.15) is 8.42 Å². The molecule has 0 aliphatic rings. The third-order valence-corrected chi connectivity index (χ3v) is 5.00. The van der Waals surface area contributed by atoms with Crippen LogP contribution in [-0.4, -0.2) is 24.7 Å². The standard InChI is InChI=1S/C14H31P.C2H6O4S/c1-4-7-10-13-14(15,11-8-5-2)12-9-6-3;1-2-6-7(3,4)5/h4-13,15H2,1-3H3;2H2,1H3,(H,3,4,5). The quantitative estimate of drug-likeness (QED) is 0.289. The molecule has 0 saturated carbocycles. The molecule has 0 aromatic heterocycles. The van der Waals surface area contributed by atoms with Crippen LogP contribution in [0.3, 0.4) is 0 Å². The largest absolute Gasteiger partial charge is 0.397 e. The lowest BCUT2D eigenvalue weighted by atomic mass is 9.89. The monoisotopic (exact) mass is 356 g/mol. The Kier molecular flexibility index (Phi) is 16.6. The Morgan fingerprint density at radius 1 is 0.864 bits per heavy atom. The van der Waals surface area contributed by atoms with Crippen LogP contribution in [-0.2, 0) is 14.6 Å². The molecule has 1 atom stereocenters. The van der Waals surface area contributed by atoms with Crippen molar-refractivity contribution in [1.82, 2.24) is 0 Å². The lowest BCUT2D eigenvalue weighted by Gasteiger charge is -2.29. The maximum Gasteiger partial charge on any atom is 0.397 e. The average molecular weight is 357 g/mol. The fraction of sp³-hybridized carbons (Fsp3) is 1.00. The molecular formula is C16H37O4PS.